The number of rotatable bonds is 8. The minimum absolute atomic E-state index is 0. The van der Waals surface area contributed by atoms with E-state index in [-0.39, 0.29) is 50.3 Å². The third-order valence-electron chi connectivity index (χ3n) is 3.06. The second-order valence-electron chi connectivity index (χ2n) is 7.19. The summed E-state index contributed by atoms with van der Waals surface area (Å²) < 4.78 is 0. The molecule has 0 bridgehead atoms. The Balaban J connectivity index is 0. The van der Waals surface area contributed by atoms with Gasteiger partial charge in [-0.15, -0.1) is 0 Å². The molecule has 0 aliphatic rings. The van der Waals surface area contributed by atoms with E-state index in [0.29, 0.717) is 0 Å². The van der Waals surface area contributed by atoms with Gasteiger partial charge in [-0.25, -0.2) is 0 Å². The fraction of sp³-hybridized carbons (Fsp3) is 0.812. The summed E-state index contributed by atoms with van der Waals surface area (Å²) in [5, 5.41) is 8.93. The van der Waals surface area contributed by atoms with Crippen LogP contribution in [0.1, 0.15) is 67.2 Å². The van der Waals surface area contributed by atoms with Crippen molar-refractivity contribution in [3.05, 3.63) is 17.6 Å². The zero-order valence-electron chi connectivity index (χ0n) is 13.7. The molecule has 0 rings (SSSR count). The van der Waals surface area contributed by atoms with Crippen molar-refractivity contribution < 1.29 is 37.8 Å². The molecule has 0 saturated carbocycles. The first-order valence-corrected chi connectivity index (χ1v) is 6.92. The fourth-order valence-corrected chi connectivity index (χ4v) is 2.41. The first kappa shape index (κ1) is 22.1. The van der Waals surface area contributed by atoms with E-state index in [2.05, 4.69) is 47.6 Å². The molecule has 3 heteroatoms. The zero-order chi connectivity index (χ0) is 14.4. The van der Waals surface area contributed by atoms with Gasteiger partial charge in [-0.05, 0) is 33.6 Å². The molecule has 0 amide bonds. The molecular weight excluding hydrogens is 311 g/mol. The molecular formula is C16H32NOY-. The summed E-state index contributed by atoms with van der Waals surface area (Å²) in [5.74, 6) is 1.38. The summed E-state index contributed by atoms with van der Waals surface area (Å²) in [5.41, 5.74) is 7.54. The van der Waals surface area contributed by atoms with Crippen LogP contribution < -0.4 is 5.73 Å². The van der Waals surface area contributed by atoms with E-state index in [1.54, 1.807) is 0 Å². The van der Waals surface area contributed by atoms with Gasteiger partial charge in [-0.1, -0.05) is 30.9 Å². The molecule has 0 atom stereocenters. The second kappa shape index (κ2) is 9.66. The molecule has 19 heavy (non-hydrogen) atoms. The average Bonchev–Trinajstić information content (AvgIpc) is 2.11. The van der Waals surface area contributed by atoms with Crippen molar-refractivity contribution >= 4 is 0 Å². The third-order valence-corrected chi connectivity index (χ3v) is 3.06. The molecule has 2 nitrogen and oxygen atoms in total. The number of allylic oxidation sites excluding steroid dienone is 1. The van der Waals surface area contributed by atoms with Crippen molar-refractivity contribution in [2.24, 2.45) is 11.1 Å². The second-order valence-corrected chi connectivity index (χ2v) is 7.19. The largest absolute Gasteiger partial charge is 0.399 e. The zero-order valence-corrected chi connectivity index (χ0v) is 16.6. The van der Waals surface area contributed by atoms with Crippen molar-refractivity contribution in [2.45, 2.75) is 72.8 Å². The Bertz CT molecular complexity index is 266. The molecule has 0 unspecified atom stereocenters. The van der Waals surface area contributed by atoms with Gasteiger partial charge in [0, 0.05) is 44.9 Å². The molecule has 3 N–H and O–H groups in total. The Kier molecular flexibility index (Phi) is 11.2. The summed E-state index contributed by atoms with van der Waals surface area (Å²) >= 11 is 0. The quantitative estimate of drug-likeness (QED) is 0.520. The Morgan fingerprint density at radius 3 is 2.21 bits per heavy atom. The van der Waals surface area contributed by atoms with Crippen LogP contribution >= 0.6 is 0 Å². The topological polar surface area (TPSA) is 46.2 Å². The number of hydrogen-bond acceptors (Lipinski definition) is 2. The van der Waals surface area contributed by atoms with Crippen molar-refractivity contribution in [2.75, 3.05) is 6.61 Å². The van der Waals surface area contributed by atoms with Crippen LogP contribution in [0.25, 0.3) is 0 Å². The molecule has 0 aromatic carbocycles. The Labute approximate surface area is 145 Å². The molecule has 111 valence electrons. The van der Waals surface area contributed by atoms with Crippen LogP contribution in [0, 0.1) is 11.3 Å². The standard InChI is InChI=1S/C16H32NO.Y/c1-13(12-16(5,6)17)7-9-15(3,4)11-14(2)8-10-18;/h7,18H,8-12,17H2,1-6H3;/q-1;/b13-7+;. The van der Waals surface area contributed by atoms with Crippen LogP contribution in [0.3, 0.4) is 0 Å². The van der Waals surface area contributed by atoms with Gasteiger partial charge >= 0.3 is 0 Å². The summed E-state index contributed by atoms with van der Waals surface area (Å²) in [7, 11) is 0. The monoisotopic (exact) mass is 343 g/mol. The van der Waals surface area contributed by atoms with E-state index >= 15 is 0 Å². The molecule has 0 saturated heterocycles. The van der Waals surface area contributed by atoms with Crippen molar-refractivity contribution in [3.8, 4) is 0 Å². The van der Waals surface area contributed by atoms with E-state index in [4.69, 9.17) is 10.8 Å². The van der Waals surface area contributed by atoms with E-state index in [1.807, 2.05) is 0 Å². The predicted octanol–water partition coefficient (Wildman–Crippen LogP) is 3.84. The molecule has 0 spiro atoms. The number of aliphatic hydroxyl groups is 1. The summed E-state index contributed by atoms with van der Waals surface area (Å²) in [4.78, 5) is 0. The van der Waals surface area contributed by atoms with Crippen LogP contribution in [0.5, 0.6) is 0 Å². The van der Waals surface area contributed by atoms with E-state index in [9.17, 15) is 0 Å². The number of nitrogens with two attached hydrogens (primary N) is 1. The molecule has 0 fully saturated rings. The smallest absolute Gasteiger partial charge is 0.0163 e. The van der Waals surface area contributed by atoms with Crippen LogP contribution in [0.15, 0.2) is 11.6 Å². The third kappa shape index (κ3) is 13.5. The van der Waals surface area contributed by atoms with E-state index in [1.165, 1.54) is 11.5 Å². The van der Waals surface area contributed by atoms with E-state index < -0.39 is 0 Å². The molecule has 0 heterocycles. The summed E-state index contributed by atoms with van der Waals surface area (Å²) in [6, 6.07) is 0. The van der Waals surface area contributed by atoms with Crippen molar-refractivity contribution in [1.82, 2.24) is 0 Å². The SMILES string of the molecule is C/C(=C\CC(C)(C)C[C-](C)CCO)CC(C)(C)N.[Y]. The summed E-state index contributed by atoms with van der Waals surface area (Å²) in [6.07, 6.45) is 6.23. The molecule has 1 radical (unpaired) electrons. The first-order valence-electron chi connectivity index (χ1n) is 6.92. The minimum Gasteiger partial charge on any atom is -0.399 e. The molecule has 0 aromatic heterocycles. The molecule has 0 aliphatic heterocycles. The number of hydrogen-bond donors (Lipinski definition) is 2. The Hall–Kier alpha value is 0.764. The maximum atomic E-state index is 8.93. The van der Waals surface area contributed by atoms with Gasteiger partial charge in [0.1, 0.15) is 0 Å². The van der Waals surface area contributed by atoms with Gasteiger partial charge in [0.15, 0.2) is 0 Å². The van der Waals surface area contributed by atoms with Gasteiger partial charge in [0.25, 0.3) is 0 Å². The van der Waals surface area contributed by atoms with Gasteiger partial charge in [0.2, 0.25) is 0 Å². The first-order chi connectivity index (χ1) is 8.06. The van der Waals surface area contributed by atoms with E-state index in [0.717, 1.165) is 25.7 Å². The van der Waals surface area contributed by atoms with Gasteiger partial charge < -0.3 is 16.8 Å². The predicted molar refractivity (Wildman–Crippen MR) is 80.3 cm³/mol. The van der Waals surface area contributed by atoms with Crippen LogP contribution in [-0.4, -0.2) is 17.3 Å². The minimum atomic E-state index is -0.121. The van der Waals surface area contributed by atoms with Crippen molar-refractivity contribution in [3.63, 3.8) is 0 Å². The Morgan fingerprint density at radius 1 is 1.26 bits per heavy atom. The number of aliphatic hydroxyl groups excluding tert-OH is 1. The van der Waals surface area contributed by atoms with Crippen molar-refractivity contribution in [1.29, 1.82) is 0 Å². The van der Waals surface area contributed by atoms with Crippen LogP contribution in [0.2, 0.25) is 0 Å². The van der Waals surface area contributed by atoms with Gasteiger partial charge in [0.05, 0.1) is 0 Å². The fourth-order valence-electron chi connectivity index (χ4n) is 2.41. The average molecular weight is 343 g/mol. The Morgan fingerprint density at radius 2 is 1.79 bits per heavy atom. The van der Waals surface area contributed by atoms with Crippen LogP contribution in [-0.2, 0) is 32.7 Å². The van der Waals surface area contributed by atoms with Gasteiger partial charge in [-0.3, -0.25) is 0 Å². The van der Waals surface area contributed by atoms with Gasteiger partial charge in [-0.2, -0.15) is 19.8 Å². The maximum Gasteiger partial charge on any atom is 0.0163 e. The normalized spacial score (nSPS) is 13.6. The molecule has 0 aromatic rings. The van der Waals surface area contributed by atoms with Crippen LogP contribution in [0.4, 0.5) is 0 Å². The molecule has 0 aliphatic carbocycles. The summed E-state index contributed by atoms with van der Waals surface area (Å²) in [6.45, 7) is 13.3. The maximum absolute atomic E-state index is 8.93.